The fourth-order valence-corrected chi connectivity index (χ4v) is 3.76. The van der Waals surface area contributed by atoms with E-state index in [2.05, 4.69) is 26.1 Å². The topological polar surface area (TPSA) is 38.3 Å². The lowest BCUT2D eigenvalue weighted by atomic mass is 9.61. The van der Waals surface area contributed by atoms with E-state index >= 15 is 0 Å². The molecule has 1 aliphatic carbocycles. The zero-order valence-corrected chi connectivity index (χ0v) is 11.4. The first kappa shape index (κ1) is 12.9. The van der Waals surface area contributed by atoms with Crippen LogP contribution in [0.15, 0.2) is 0 Å². The SMILES string of the molecule is CCOC(=O)C1CC2C(C)NC1CC2C(C)C. The van der Waals surface area contributed by atoms with Crippen molar-refractivity contribution in [3.63, 3.8) is 0 Å². The van der Waals surface area contributed by atoms with Gasteiger partial charge in [0.05, 0.1) is 12.5 Å². The Kier molecular flexibility index (Phi) is 3.76. The molecule has 0 aromatic carbocycles. The third kappa shape index (κ3) is 2.35. The van der Waals surface area contributed by atoms with Gasteiger partial charge in [-0.15, -0.1) is 0 Å². The molecule has 3 heteroatoms. The number of esters is 1. The van der Waals surface area contributed by atoms with Crippen molar-refractivity contribution in [2.24, 2.45) is 23.7 Å². The number of hydrogen-bond donors (Lipinski definition) is 1. The normalized spacial score (nSPS) is 40.6. The average Bonchev–Trinajstić information content (AvgIpc) is 2.28. The molecule has 5 atom stereocenters. The molecule has 2 bridgehead atoms. The number of rotatable bonds is 3. The Balaban J connectivity index is 2.07. The van der Waals surface area contributed by atoms with Crippen molar-refractivity contribution >= 4 is 5.97 Å². The maximum atomic E-state index is 11.9. The predicted molar refractivity (Wildman–Crippen MR) is 67.6 cm³/mol. The second kappa shape index (κ2) is 4.97. The van der Waals surface area contributed by atoms with Crippen LogP contribution < -0.4 is 5.32 Å². The van der Waals surface area contributed by atoms with E-state index < -0.39 is 0 Å². The monoisotopic (exact) mass is 239 g/mol. The molecule has 1 saturated carbocycles. The van der Waals surface area contributed by atoms with Gasteiger partial charge in [-0.05, 0) is 44.4 Å². The molecule has 17 heavy (non-hydrogen) atoms. The van der Waals surface area contributed by atoms with Crippen molar-refractivity contribution in [2.75, 3.05) is 6.61 Å². The lowest BCUT2D eigenvalue weighted by Gasteiger charge is -2.52. The molecule has 2 heterocycles. The van der Waals surface area contributed by atoms with Gasteiger partial charge < -0.3 is 10.1 Å². The molecule has 3 rings (SSSR count). The van der Waals surface area contributed by atoms with Crippen LogP contribution in [0.4, 0.5) is 0 Å². The summed E-state index contributed by atoms with van der Waals surface area (Å²) in [6.07, 6.45) is 2.15. The van der Waals surface area contributed by atoms with Crippen LogP contribution in [0.3, 0.4) is 0 Å². The number of piperidine rings is 2. The second-order valence-electron chi connectivity index (χ2n) is 5.96. The Morgan fingerprint density at radius 1 is 1.41 bits per heavy atom. The number of fused-ring (bicyclic) bond motifs is 3. The molecule has 5 unspecified atom stereocenters. The van der Waals surface area contributed by atoms with E-state index in [1.54, 1.807) is 0 Å². The molecule has 3 fully saturated rings. The van der Waals surface area contributed by atoms with E-state index in [1.165, 1.54) is 0 Å². The van der Waals surface area contributed by atoms with Crippen LogP contribution in [0.1, 0.15) is 40.5 Å². The lowest BCUT2D eigenvalue weighted by Crippen LogP contribution is -2.61. The number of nitrogens with one attached hydrogen (secondary N) is 1. The Hall–Kier alpha value is -0.570. The van der Waals surface area contributed by atoms with E-state index in [-0.39, 0.29) is 11.9 Å². The van der Waals surface area contributed by atoms with Gasteiger partial charge in [-0.2, -0.15) is 0 Å². The second-order valence-corrected chi connectivity index (χ2v) is 5.96. The van der Waals surface area contributed by atoms with Gasteiger partial charge in [0.15, 0.2) is 0 Å². The van der Waals surface area contributed by atoms with Gasteiger partial charge in [-0.3, -0.25) is 4.79 Å². The van der Waals surface area contributed by atoms with Crippen LogP contribution in [0, 0.1) is 23.7 Å². The van der Waals surface area contributed by atoms with Crippen LogP contribution in [0.5, 0.6) is 0 Å². The molecule has 0 amide bonds. The zero-order chi connectivity index (χ0) is 12.6. The molecule has 98 valence electrons. The molecule has 0 aromatic rings. The third-order valence-electron chi connectivity index (χ3n) is 4.65. The standard InChI is InChI=1S/C14H25NO2/c1-5-17-14(16)12-6-11-9(4)15-13(12)7-10(11)8(2)3/h8-13,15H,5-7H2,1-4H3. The van der Waals surface area contributed by atoms with Crippen molar-refractivity contribution in [1.29, 1.82) is 0 Å². The number of carbonyl (C=O) groups is 1. The minimum atomic E-state index is 0.00380. The van der Waals surface area contributed by atoms with Crippen molar-refractivity contribution in [3.8, 4) is 0 Å². The van der Waals surface area contributed by atoms with E-state index in [4.69, 9.17) is 4.74 Å². The van der Waals surface area contributed by atoms with Gasteiger partial charge in [-0.25, -0.2) is 0 Å². The molecule has 0 spiro atoms. The largest absolute Gasteiger partial charge is 0.466 e. The third-order valence-corrected chi connectivity index (χ3v) is 4.65. The van der Waals surface area contributed by atoms with E-state index in [0.717, 1.165) is 24.7 Å². The molecular formula is C14H25NO2. The van der Waals surface area contributed by atoms with Crippen molar-refractivity contribution < 1.29 is 9.53 Å². The van der Waals surface area contributed by atoms with Crippen molar-refractivity contribution in [2.45, 2.75) is 52.6 Å². The minimum absolute atomic E-state index is 0.00380. The summed E-state index contributed by atoms with van der Waals surface area (Å²) in [6, 6.07) is 0.883. The minimum Gasteiger partial charge on any atom is -0.466 e. The van der Waals surface area contributed by atoms with Gasteiger partial charge in [0.2, 0.25) is 0 Å². The molecular weight excluding hydrogens is 214 g/mol. The Morgan fingerprint density at radius 3 is 2.65 bits per heavy atom. The Labute approximate surface area is 104 Å². The van der Waals surface area contributed by atoms with Crippen LogP contribution in [-0.4, -0.2) is 24.7 Å². The highest BCUT2D eigenvalue weighted by molar-refractivity contribution is 5.73. The number of carbonyl (C=O) groups excluding carboxylic acids is 1. The summed E-state index contributed by atoms with van der Waals surface area (Å²) in [7, 11) is 0. The zero-order valence-electron chi connectivity index (χ0n) is 11.4. The van der Waals surface area contributed by atoms with E-state index in [9.17, 15) is 4.79 Å². The van der Waals surface area contributed by atoms with Crippen molar-refractivity contribution in [1.82, 2.24) is 5.32 Å². The molecule has 2 aliphatic heterocycles. The molecule has 1 N–H and O–H groups in total. The molecule has 3 aliphatic rings. The molecule has 2 saturated heterocycles. The predicted octanol–water partition coefficient (Wildman–Crippen LogP) is 2.21. The summed E-state index contributed by atoms with van der Waals surface area (Å²) in [5, 5.41) is 3.59. The molecule has 0 aromatic heterocycles. The van der Waals surface area contributed by atoms with Gasteiger partial charge >= 0.3 is 5.97 Å². The van der Waals surface area contributed by atoms with Gasteiger partial charge in [-0.1, -0.05) is 13.8 Å². The van der Waals surface area contributed by atoms with Crippen molar-refractivity contribution in [3.05, 3.63) is 0 Å². The maximum Gasteiger partial charge on any atom is 0.310 e. The Bertz CT molecular complexity index is 290. The van der Waals surface area contributed by atoms with Crippen LogP contribution in [-0.2, 0) is 9.53 Å². The summed E-state index contributed by atoms with van der Waals surface area (Å²) in [5.74, 6) is 2.21. The first-order valence-electron chi connectivity index (χ1n) is 6.97. The highest BCUT2D eigenvalue weighted by Crippen LogP contribution is 2.44. The Morgan fingerprint density at radius 2 is 2.12 bits per heavy atom. The summed E-state index contributed by atoms with van der Waals surface area (Å²) in [4.78, 5) is 11.9. The first-order valence-corrected chi connectivity index (χ1v) is 6.97. The van der Waals surface area contributed by atoms with Gasteiger partial charge in [0, 0.05) is 12.1 Å². The first-order chi connectivity index (χ1) is 8.04. The summed E-state index contributed by atoms with van der Waals surface area (Å²) < 4.78 is 5.19. The molecule has 3 nitrogen and oxygen atoms in total. The fourth-order valence-electron chi connectivity index (χ4n) is 3.76. The molecule has 0 radical (unpaired) electrons. The summed E-state index contributed by atoms with van der Waals surface area (Å²) in [6.45, 7) is 9.24. The quantitative estimate of drug-likeness (QED) is 0.767. The van der Waals surface area contributed by atoms with Gasteiger partial charge in [0.25, 0.3) is 0 Å². The van der Waals surface area contributed by atoms with Crippen LogP contribution >= 0.6 is 0 Å². The van der Waals surface area contributed by atoms with Gasteiger partial charge in [0.1, 0.15) is 0 Å². The summed E-state index contributed by atoms with van der Waals surface area (Å²) >= 11 is 0. The number of hydrogen-bond acceptors (Lipinski definition) is 3. The van der Waals surface area contributed by atoms with E-state index in [0.29, 0.717) is 24.6 Å². The van der Waals surface area contributed by atoms with Crippen LogP contribution in [0.25, 0.3) is 0 Å². The maximum absolute atomic E-state index is 11.9. The smallest absolute Gasteiger partial charge is 0.310 e. The lowest BCUT2D eigenvalue weighted by molar-refractivity contribution is -0.154. The average molecular weight is 239 g/mol. The fraction of sp³-hybridized carbons (Fsp3) is 0.929. The van der Waals surface area contributed by atoms with E-state index in [1.807, 2.05) is 6.92 Å². The highest BCUT2D eigenvalue weighted by Gasteiger charge is 2.48. The van der Waals surface area contributed by atoms with Crippen LogP contribution in [0.2, 0.25) is 0 Å². The highest BCUT2D eigenvalue weighted by atomic mass is 16.5. The summed E-state index contributed by atoms with van der Waals surface area (Å²) in [5.41, 5.74) is 0. The number of ether oxygens (including phenoxy) is 1.